The van der Waals surface area contributed by atoms with E-state index in [4.69, 9.17) is 27.9 Å². The van der Waals surface area contributed by atoms with Crippen LogP contribution >= 0.6 is 23.2 Å². The van der Waals surface area contributed by atoms with Crippen LogP contribution in [-0.2, 0) is 17.0 Å². The molecule has 5 rings (SSSR count). The van der Waals surface area contributed by atoms with E-state index in [1.165, 1.54) is 0 Å². The molecule has 3 aromatic rings. The average Bonchev–Trinajstić information content (AvgIpc) is 3.62. The summed E-state index contributed by atoms with van der Waals surface area (Å²) >= 11 is 12.3. The normalized spacial score (nSPS) is 24.3. The van der Waals surface area contributed by atoms with Gasteiger partial charge in [0.1, 0.15) is 6.10 Å². The van der Waals surface area contributed by atoms with Gasteiger partial charge < -0.3 is 20.1 Å². The van der Waals surface area contributed by atoms with E-state index in [2.05, 4.69) is 9.88 Å². The summed E-state index contributed by atoms with van der Waals surface area (Å²) in [7, 11) is 0. The molecule has 1 fully saturated rings. The Morgan fingerprint density at radius 3 is 2.33 bits per heavy atom. The third-order valence-electron chi connectivity index (χ3n) is 7.44. The molecule has 1 saturated carbocycles. The Balaban J connectivity index is 1.69. The van der Waals surface area contributed by atoms with Crippen LogP contribution in [0.25, 0.3) is 0 Å². The second kappa shape index (κ2) is 10.0. The minimum Gasteiger partial charge on any atom is -0.396 e. The van der Waals surface area contributed by atoms with Gasteiger partial charge in [0, 0.05) is 28.7 Å². The van der Waals surface area contributed by atoms with E-state index in [9.17, 15) is 15.3 Å². The lowest BCUT2D eigenvalue weighted by Crippen LogP contribution is -2.57. The first-order chi connectivity index (χ1) is 17.3. The summed E-state index contributed by atoms with van der Waals surface area (Å²) < 4.78 is 6.72. The molecule has 1 aliphatic carbocycles. The number of ether oxygens (including phenoxy) is 1. The second-order valence-electron chi connectivity index (χ2n) is 9.97. The molecule has 1 aliphatic heterocycles. The van der Waals surface area contributed by atoms with E-state index in [-0.39, 0.29) is 24.7 Å². The van der Waals surface area contributed by atoms with Gasteiger partial charge in [-0.3, -0.25) is 9.88 Å². The zero-order chi connectivity index (χ0) is 25.5. The Hall–Kier alpha value is -2.03. The minimum absolute atomic E-state index is 0.00878. The molecular weight excluding hydrogens is 499 g/mol. The molecule has 0 spiro atoms. The fourth-order valence-electron chi connectivity index (χ4n) is 5.15. The molecule has 0 saturated heterocycles. The van der Waals surface area contributed by atoms with E-state index in [1.807, 2.05) is 54.6 Å². The van der Waals surface area contributed by atoms with E-state index < -0.39 is 17.9 Å². The van der Waals surface area contributed by atoms with Crippen molar-refractivity contribution in [3.05, 3.63) is 99.3 Å². The number of nitrogens with zero attached hydrogens (tertiary/aromatic N) is 2. The molecule has 2 aliphatic rings. The van der Waals surface area contributed by atoms with Crippen molar-refractivity contribution in [3.63, 3.8) is 0 Å². The highest BCUT2D eigenvalue weighted by Crippen LogP contribution is 2.55. The van der Waals surface area contributed by atoms with Crippen LogP contribution in [0.3, 0.4) is 0 Å². The summed E-state index contributed by atoms with van der Waals surface area (Å²) in [6.45, 7) is 2.13. The van der Waals surface area contributed by atoms with Crippen LogP contribution in [0.15, 0.2) is 66.9 Å². The third kappa shape index (κ3) is 4.56. The van der Waals surface area contributed by atoms with Gasteiger partial charge in [-0.05, 0) is 55.2 Å². The molecule has 1 aromatic heterocycles. The number of pyridine rings is 1. The molecular formula is C28H30Cl2N2O4. The molecule has 2 aromatic carbocycles. The standard InChI is InChI=1S/C28H30Cl2N2O4/c1-18(34)26(35)28(36-17-27(16-33)12-13-27)24-5-3-2-4-23(24)25(19-6-8-20(29)9-7-19)32(28)15-22-11-10-21(30)14-31-22/h2-11,14,18,25-26,33-35H,12-13,15-17H2,1H3/t18?,25-,26?,28?/m1/s1. The number of fused-ring (bicyclic) bond motifs is 1. The number of aliphatic hydroxyl groups excluding tert-OH is 3. The van der Waals surface area contributed by atoms with Gasteiger partial charge in [0.2, 0.25) is 0 Å². The number of hydrogen-bond donors (Lipinski definition) is 3. The van der Waals surface area contributed by atoms with Gasteiger partial charge in [-0.15, -0.1) is 0 Å². The monoisotopic (exact) mass is 528 g/mol. The number of aromatic nitrogens is 1. The van der Waals surface area contributed by atoms with Crippen molar-refractivity contribution in [1.82, 2.24) is 9.88 Å². The summed E-state index contributed by atoms with van der Waals surface area (Å²) in [5.41, 5.74) is 1.72. The molecule has 3 unspecified atom stereocenters. The Bertz CT molecular complexity index is 1200. The van der Waals surface area contributed by atoms with Crippen molar-refractivity contribution in [2.45, 2.75) is 50.3 Å². The number of benzene rings is 2. The van der Waals surface area contributed by atoms with Gasteiger partial charge in [0.15, 0.2) is 5.72 Å². The Morgan fingerprint density at radius 1 is 1.03 bits per heavy atom. The largest absolute Gasteiger partial charge is 0.396 e. The van der Waals surface area contributed by atoms with Gasteiger partial charge in [-0.1, -0.05) is 59.6 Å². The van der Waals surface area contributed by atoms with Crippen LogP contribution in [0.1, 0.15) is 48.2 Å². The highest BCUT2D eigenvalue weighted by molar-refractivity contribution is 6.30. The van der Waals surface area contributed by atoms with Crippen molar-refractivity contribution >= 4 is 23.2 Å². The Kier molecular flexibility index (Phi) is 7.13. The van der Waals surface area contributed by atoms with Gasteiger partial charge in [-0.2, -0.15) is 0 Å². The summed E-state index contributed by atoms with van der Waals surface area (Å²) in [4.78, 5) is 6.58. The maximum absolute atomic E-state index is 11.7. The lowest BCUT2D eigenvalue weighted by Gasteiger charge is -2.45. The molecule has 0 amide bonds. The van der Waals surface area contributed by atoms with Crippen molar-refractivity contribution < 1.29 is 20.1 Å². The lowest BCUT2D eigenvalue weighted by molar-refractivity contribution is -0.251. The molecule has 0 bridgehead atoms. The SMILES string of the molecule is CC(O)C(O)C1(OCC2(CO)CC2)c2ccccc2[C@@H](c2ccc(Cl)cc2)N1Cc1ccc(Cl)cn1. The van der Waals surface area contributed by atoms with Crippen LogP contribution in [-0.4, -0.2) is 50.6 Å². The molecule has 0 radical (unpaired) electrons. The predicted molar refractivity (Wildman–Crippen MR) is 139 cm³/mol. The van der Waals surface area contributed by atoms with Crippen molar-refractivity contribution in [1.29, 1.82) is 0 Å². The lowest BCUT2D eigenvalue weighted by atomic mass is 9.91. The second-order valence-corrected chi connectivity index (χ2v) is 10.8. The number of halogens is 2. The molecule has 6 nitrogen and oxygen atoms in total. The topological polar surface area (TPSA) is 86.0 Å². The number of rotatable bonds is 9. The summed E-state index contributed by atoms with van der Waals surface area (Å²) in [6, 6.07) is 18.8. The maximum atomic E-state index is 11.7. The molecule has 2 heterocycles. The van der Waals surface area contributed by atoms with Gasteiger partial charge in [0.05, 0.1) is 36.1 Å². The highest BCUT2D eigenvalue weighted by atomic mass is 35.5. The third-order valence-corrected chi connectivity index (χ3v) is 7.91. The molecule has 3 N–H and O–H groups in total. The summed E-state index contributed by atoms with van der Waals surface area (Å²) in [6.07, 6.45) is 0.928. The minimum atomic E-state index is -1.39. The van der Waals surface area contributed by atoms with E-state index in [1.54, 1.807) is 19.2 Å². The smallest absolute Gasteiger partial charge is 0.177 e. The van der Waals surface area contributed by atoms with Crippen LogP contribution in [0, 0.1) is 5.41 Å². The zero-order valence-electron chi connectivity index (χ0n) is 20.0. The van der Waals surface area contributed by atoms with Crippen molar-refractivity contribution in [2.75, 3.05) is 13.2 Å². The highest BCUT2D eigenvalue weighted by Gasteiger charge is 2.58. The van der Waals surface area contributed by atoms with Crippen molar-refractivity contribution in [3.8, 4) is 0 Å². The molecule has 190 valence electrons. The predicted octanol–water partition coefficient (Wildman–Crippen LogP) is 4.68. The first kappa shape index (κ1) is 25.6. The summed E-state index contributed by atoms with van der Waals surface area (Å²) in [5.74, 6) is 0. The van der Waals surface area contributed by atoms with Crippen LogP contribution < -0.4 is 0 Å². The fraction of sp³-hybridized carbons (Fsp3) is 0.393. The van der Waals surface area contributed by atoms with Gasteiger partial charge in [-0.25, -0.2) is 0 Å². The maximum Gasteiger partial charge on any atom is 0.177 e. The number of hydrogen-bond acceptors (Lipinski definition) is 6. The van der Waals surface area contributed by atoms with E-state index in [0.29, 0.717) is 16.6 Å². The molecule has 36 heavy (non-hydrogen) atoms. The average molecular weight is 529 g/mol. The van der Waals surface area contributed by atoms with E-state index in [0.717, 1.165) is 35.2 Å². The van der Waals surface area contributed by atoms with Gasteiger partial charge >= 0.3 is 0 Å². The first-order valence-corrected chi connectivity index (χ1v) is 12.9. The van der Waals surface area contributed by atoms with Crippen LogP contribution in [0.4, 0.5) is 0 Å². The molecule has 8 heteroatoms. The first-order valence-electron chi connectivity index (χ1n) is 12.1. The van der Waals surface area contributed by atoms with Crippen LogP contribution in [0.2, 0.25) is 10.0 Å². The summed E-state index contributed by atoms with van der Waals surface area (Å²) in [5, 5.41) is 33.6. The quantitative estimate of drug-likeness (QED) is 0.374. The van der Waals surface area contributed by atoms with Crippen molar-refractivity contribution in [2.24, 2.45) is 5.41 Å². The van der Waals surface area contributed by atoms with Crippen LogP contribution in [0.5, 0.6) is 0 Å². The Labute approximate surface area is 221 Å². The fourth-order valence-corrected chi connectivity index (χ4v) is 5.39. The number of aliphatic hydroxyl groups is 3. The van der Waals surface area contributed by atoms with Gasteiger partial charge in [0.25, 0.3) is 0 Å². The molecule has 4 atom stereocenters. The zero-order valence-corrected chi connectivity index (χ0v) is 21.5. The Morgan fingerprint density at radius 2 is 1.72 bits per heavy atom. The van der Waals surface area contributed by atoms with E-state index >= 15 is 0 Å².